The van der Waals surface area contributed by atoms with Crippen molar-refractivity contribution in [1.29, 1.82) is 0 Å². The fraction of sp³-hybridized carbons (Fsp3) is 0.742. The average molecular weight is 1160 g/mol. The molecule has 3 aliphatic rings. The first kappa shape index (κ1) is 76.2. The fourth-order valence-corrected chi connectivity index (χ4v) is 12.4. The second-order valence-corrected chi connectivity index (χ2v) is 24.5. The maximum absolute atomic E-state index is 14.3. The highest BCUT2D eigenvalue weighted by molar-refractivity contribution is 5.83. The SMILES string of the molecule is C/C=C(\C=C(\C)CC)c1ccc(C(C(CF)N/C=C(\N)CCN(C)C2CC(C)OC(O)C2)N(C)C)cc1.C=CC.C=O.CCC1C(C)C[C@](C)(OC)C[C@@H]1O[C@@H]1C(C)C(=O)O[C@H](CC)[C@H](O)C(O)C(C)C(=O)[C@H](C)C[C@@](C)(OC)C[C@H]1C. The molecule has 1 aromatic carbocycles. The zero-order chi connectivity index (χ0) is 62.8. The van der Waals surface area contributed by atoms with Crippen LogP contribution in [-0.2, 0) is 38.1 Å². The number of hydrogen-bond donors (Lipinski definition) is 5. The number of cyclic esters (lactones) is 1. The fourth-order valence-electron chi connectivity index (χ4n) is 12.4. The van der Waals surface area contributed by atoms with Crippen LogP contribution >= 0.6 is 0 Å². The van der Waals surface area contributed by atoms with Gasteiger partial charge in [0, 0.05) is 69.8 Å². The third-order valence-electron chi connectivity index (χ3n) is 17.4. The number of rotatable bonds is 19. The second kappa shape index (κ2) is 37.6. The molecule has 0 aromatic heterocycles. The molecule has 6 N–H and O–H groups in total. The van der Waals surface area contributed by atoms with Crippen LogP contribution in [0, 0.1) is 35.5 Å². The van der Waals surface area contributed by atoms with Gasteiger partial charge in [0.05, 0.1) is 53.6 Å². The van der Waals surface area contributed by atoms with Crippen molar-refractivity contribution in [2.75, 3.05) is 48.6 Å². The standard InChI is InChI=1S/C32H58O8.C30H49FN4O2.C3H6.CH2O/c1-12-23-18(3)14-32(9,38-11)17-25(23)39-29-20(5)16-31(8,37-10)15-19(4)26(33)21(6)27(34)28(35)24(13-2)40-30(36)22(29)7;1-8-21(3)16-23(9-2)24-10-12-25(13-11-24)30(34(5)6)28(19-31)33-20-26(32)14-15-35(7)27-17-22(4)37-29(36)18-27;1-3-2;1-2/h18-25,27-29,34-35H,12-17H2,1-11H3;9-13,16,20,22,27-30,33,36H,8,14-15,17-19,32H2,1-7H3;3H,1H2,2H3;1H2/b;21-16-,23-9+,26-20-;;/t18?,19-,20-,21?,22?,23?,24-,25+,27?,28+,29+,31-,32+;;;/m1.../s1. The van der Waals surface area contributed by atoms with Crippen LogP contribution in [0.1, 0.15) is 178 Å². The molecule has 472 valence electrons. The molecule has 16 heteroatoms. The van der Waals surface area contributed by atoms with E-state index in [1.54, 1.807) is 40.3 Å². The summed E-state index contributed by atoms with van der Waals surface area (Å²) in [7, 11) is 9.38. The lowest BCUT2D eigenvalue weighted by Gasteiger charge is -2.47. The predicted octanol–water partition coefficient (Wildman–Crippen LogP) is 10.9. The molecule has 10 unspecified atom stereocenters. The number of aliphatic hydroxyl groups is 3. The van der Waals surface area contributed by atoms with Gasteiger partial charge in [0.2, 0.25) is 0 Å². The van der Waals surface area contributed by atoms with Gasteiger partial charge in [0.15, 0.2) is 6.29 Å². The van der Waals surface area contributed by atoms with Crippen LogP contribution in [0.3, 0.4) is 0 Å². The van der Waals surface area contributed by atoms with Crippen LogP contribution < -0.4 is 11.1 Å². The van der Waals surface area contributed by atoms with Gasteiger partial charge in [-0.2, -0.15) is 0 Å². The van der Waals surface area contributed by atoms with E-state index in [-0.39, 0.29) is 41.6 Å². The number of carbonyl (C=O) groups is 3. The summed E-state index contributed by atoms with van der Waals surface area (Å²) in [6.45, 7) is 33.5. The highest BCUT2D eigenvalue weighted by atomic mass is 19.1. The van der Waals surface area contributed by atoms with E-state index < -0.39 is 72.7 Å². The Balaban J connectivity index is 0.000000762. The number of likely N-dealkylation sites (N-methyl/N-ethyl adjacent to an activating group) is 1. The monoisotopic (exact) mass is 1160 g/mol. The Kier molecular flexibility index (Phi) is 34.9. The van der Waals surface area contributed by atoms with Gasteiger partial charge in [0.25, 0.3) is 0 Å². The molecule has 18 atom stereocenters. The van der Waals surface area contributed by atoms with Crippen LogP contribution in [0.2, 0.25) is 0 Å². The maximum atomic E-state index is 14.3. The molecular formula is C66H115FN4O11. The summed E-state index contributed by atoms with van der Waals surface area (Å²) in [6, 6.07) is 8.07. The number of nitrogens with two attached hydrogens (primary N) is 1. The number of benzene rings is 1. The summed E-state index contributed by atoms with van der Waals surface area (Å²) in [5, 5.41) is 35.0. The summed E-state index contributed by atoms with van der Waals surface area (Å²) in [5.41, 5.74) is 10.7. The summed E-state index contributed by atoms with van der Waals surface area (Å²) in [5.74, 6) is -1.87. The smallest absolute Gasteiger partial charge is 0.311 e. The van der Waals surface area contributed by atoms with Gasteiger partial charge in [-0.3, -0.25) is 9.59 Å². The number of allylic oxidation sites excluding steroid dienone is 5. The number of nitrogens with one attached hydrogen (secondary N) is 1. The second-order valence-electron chi connectivity index (χ2n) is 24.5. The lowest BCUT2D eigenvalue weighted by molar-refractivity contribution is -0.189. The predicted molar refractivity (Wildman–Crippen MR) is 330 cm³/mol. The minimum absolute atomic E-state index is 0.0367. The molecule has 1 aromatic rings. The van der Waals surface area contributed by atoms with Crippen molar-refractivity contribution in [1.82, 2.24) is 15.1 Å². The van der Waals surface area contributed by atoms with E-state index in [0.717, 1.165) is 49.8 Å². The van der Waals surface area contributed by atoms with Crippen molar-refractivity contribution >= 4 is 24.1 Å². The number of methoxy groups -OCH3 is 2. The Morgan fingerprint density at radius 3 is 1.95 bits per heavy atom. The van der Waals surface area contributed by atoms with Crippen LogP contribution in [-0.4, -0.2) is 158 Å². The Morgan fingerprint density at radius 2 is 1.45 bits per heavy atom. The molecule has 0 spiro atoms. The van der Waals surface area contributed by atoms with Gasteiger partial charge < -0.3 is 64.6 Å². The van der Waals surface area contributed by atoms with E-state index in [9.17, 15) is 29.3 Å². The van der Waals surface area contributed by atoms with Crippen molar-refractivity contribution < 1.29 is 57.8 Å². The summed E-state index contributed by atoms with van der Waals surface area (Å²) in [6.07, 6.45) is 10.0. The number of ether oxygens (including phenoxy) is 5. The highest BCUT2D eigenvalue weighted by Crippen LogP contribution is 2.44. The van der Waals surface area contributed by atoms with Crippen LogP contribution in [0.15, 0.2) is 66.5 Å². The van der Waals surface area contributed by atoms with E-state index >= 15 is 0 Å². The molecule has 82 heavy (non-hydrogen) atoms. The first-order valence-electron chi connectivity index (χ1n) is 30.2. The van der Waals surface area contributed by atoms with E-state index in [1.807, 2.05) is 67.5 Å². The van der Waals surface area contributed by atoms with E-state index in [2.05, 4.69) is 102 Å². The summed E-state index contributed by atoms with van der Waals surface area (Å²) >= 11 is 0. The number of aliphatic hydroxyl groups excluding tert-OH is 3. The molecule has 1 saturated carbocycles. The van der Waals surface area contributed by atoms with E-state index in [0.29, 0.717) is 49.6 Å². The van der Waals surface area contributed by atoms with Gasteiger partial charge in [-0.15, -0.1) is 6.58 Å². The quantitative estimate of drug-likeness (QED) is 0.0497. The number of carbonyl (C=O) groups excluding carboxylic acids is 3. The van der Waals surface area contributed by atoms with Gasteiger partial charge in [-0.05, 0) is 143 Å². The molecule has 2 heterocycles. The molecule has 1 aliphatic carbocycles. The number of halogens is 1. The first-order chi connectivity index (χ1) is 38.6. The minimum Gasteiger partial charge on any atom is -0.459 e. The lowest BCUT2D eigenvalue weighted by atomic mass is 9.70. The number of ketones is 1. The molecule has 4 rings (SSSR count). The highest BCUT2D eigenvalue weighted by Gasteiger charge is 2.47. The van der Waals surface area contributed by atoms with Gasteiger partial charge >= 0.3 is 5.97 Å². The Hall–Kier alpha value is -3.84. The molecular weight excluding hydrogens is 1040 g/mol. The minimum atomic E-state index is -1.38. The molecule has 0 radical (unpaired) electrons. The van der Waals surface area contributed by atoms with Crippen LogP contribution in [0.25, 0.3) is 5.57 Å². The molecule has 3 fully saturated rings. The van der Waals surface area contributed by atoms with E-state index in [4.69, 9.17) is 34.2 Å². The molecule has 0 amide bonds. The molecule has 2 aliphatic heterocycles. The summed E-state index contributed by atoms with van der Waals surface area (Å²) < 4.78 is 44.4. The number of Topliss-reactive ketones (excluding diaryl/α,β-unsaturated/α-hetero) is 1. The van der Waals surface area contributed by atoms with Crippen molar-refractivity contribution in [3.05, 3.63) is 77.7 Å². The summed E-state index contributed by atoms with van der Waals surface area (Å²) in [4.78, 5) is 39.2. The largest absolute Gasteiger partial charge is 0.459 e. The average Bonchev–Trinajstić information content (AvgIpc) is 3.62. The first-order valence-corrected chi connectivity index (χ1v) is 30.2. The maximum Gasteiger partial charge on any atom is 0.311 e. The molecule has 15 nitrogen and oxygen atoms in total. The number of hydrogen-bond acceptors (Lipinski definition) is 15. The third-order valence-corrected chi connectivity index (χ3v) is 17.4. The van der Waals surface area contributed by atoms with Gasteiger partial charge in [-0.1, -0.05) is 103 Å². The number of nitrogens with zero attached hydrogens (tertiary/aromatic N) is 2. The zero-order valence-corrected chi connectivity index (χ0v) is 54.2. The Labute approximate surface area is 496 Å². The Morgan fingerprint density at radius 1 is 0.878 bits per heavy atom. The zero-order valence-electron chi connectivity index (χ0n) is 54.2. The molecule has 2 saturated heterocycles. The number of alkyl halides is 1. The number of esters is 1. The van der Waals surface area contributed by atoms with Crippen LogP contribution in [0.5, 0.6) is 0 Å². The van der Waals surface area contributed by atoms with Crippen LogP contribution in [0.4, 0.5) is 4.39 Å². The van der Waals surface area contributed by atoms with Crippen molar-refractivity contribution in [3.8, 4) is 0 Å². The van der Waals surface area contributed by atoms with Gasteiger partial charge in [0.1, 0.15) is 31.5 Å². The van der Waals surface area contributed by atoms with Crippen molar-refractivity contribution in [2.45, 2.75) is 233 Å². The molecule has 0 bridgehead atoms. The topological polar surface area (TPSA) is 203 Å². The van der Waals surface area contributed by atoms with Gasteiger partial charge in [-0.25, -0.2) is 4.39 Å². The normalized spacial score (nSPS) is 33.5. The van der Waals surface area contributed by atoms with Crippen molar-refractivity contribution in [2.24, 2.45) is 41.2 Å². The van der Waals surface area contributed by atoms with Crippen molar-refractivity contribution in [3.63, 3.8) is 0 Å². The van der Waals surface area contributed by atoms with E-state index in [1.165, 1.54) is 11.1 Å². The Bertz CT molecular complexity index is 2100. The lowest BCUT2D eigenvalue weighted by Crippen LogP contribution is -2.51. The third kappa shape index (κ3) is 23.2.